The van der Waals surface area contributed by atoms with Crippen molar-refractivity contribution in [2.45, 2.75) is 26.6 Å². The summed E-state index contributed by atoms with van der Waals surface area (Å²) in [5, 5.41) is 0.759. The summed E-state index contributed by atoms with van der Waals surface area (Å²) in [7, 11) is 0. The van der Waals surface area contributed by atoms with Gasteiger partial charge >= 0.3 is 0 Å². The lowest BCUT2D eigenvalue weighted by Gasteiger charge is -2.37. The average molecular weight is 494 g/mol. The minimum absolute atomic E-state index is 0.0557. The van der Waals surface area contributed by atoms with E-state index in [0.717, 1.165) is 10.8 Å². The van der Waals surface area contributed by atoms with Gasteiger partial charge in [0, 0.05) is 26.2 Å². The number of thiazole rings is 1. The molecule has 0 radical (unpaired) electrons. The number of hydrogen-bond donors (Lipinski definition) is 0. The molecule has 0 saturated carbocycles. The third-order valence-electron chi connectivity index (χ3n) is 6.08. The zero-order valence-electron chi connectivity index (χ0n) is 19.7. The van der Waals surface area contributed by atoms with Crippen molar-refractivity contribution in [3.8, 4) is 17.2 Å². The van der Waals surface area contributed by atoms with Gasteiger partial charge in [-0.1, -0.05) is 29.8 Å². The molecule has 1 fully saturated rings. The van der Waals surface area contributed by atoms with Crippen LogP contribution in [0.25, 0.3) is 0 Å². The number of nitrogens with zero attached hydrogens (tertiary/aromatic N) is 3. The van der Waals surface area contributed by atoms with Crippen LogP contribution in [0, 0.1) is 13.8 Å². The molecule has 182 valence electrons. The van der Waals surface area contributed by atoms with E-state index in [1.54, 1.807) is 15.9 Å². The second kappa shape index (κ2) is 9.95. The molecule has 2 amide bonds. The molecule has 9 heteroatoms. The third-order valence-corrected chi connectivity index (χ3v) is 7.20. The molecule has 5 rings (SSSR count). The highest BCUT2D eigenvalue weighted by Crippen LogP contribution is 2.31. The van der Waals surface area contributed by atoms with Crippen molar-refractivity contribution in [3.63, 3.8) is 0 Å². The minimum Gasteiger partial charge on any atom is -0.486 e. The molecule has 1 atom stereocenters. The Hall–Kier alpha value is -3.59. The Morgan fingerprint density at radius 1 is 1.00 bits per heavy atom. The molecule has 3 aromatic rings. The van der Waals surface area contributed by atoms with E-state index in [1.807, 2.05) is 56.3 Å². The van der Waals surface area contributed by atoms with Crippen LogP contribution in [-0.2, 0) is 11.4 Å². The molecule has 35 heavy (non-hydrogen) atoms. The number of piperazine rings is 1. The average Bonchev–Trinajstić information content (AvgIpc) is 3.27. The van der Waals surface area contributed by atoms with Crippen LogP contribution >= 0.6 is 11.3 Å². The summed E-state index contributed by atoms with van der Waals surface area (Å²) >= 11 is 1.36. The van der Waals surface area contributed by atoms with E-state index in [2.05, 4.69) is 4.98 Å². The van der Waals surface area contributed by atoms with Crippen LogP contribution in [0.1, 0.15) is 25.9 Å². The van der Waals surface area contributed by atoms with Gasteiger partial charge in [0.1, 0.15) is 28.8 Å². The van der Waals surface area contributed by atoms with Crippen LogP contribution in [0.2, 0.25) is 0 Å². The maximum Gasteiger partial charge on any atom is 0.267 e. The van der Waals surface area contributed by atoms with Gasteiger partial charge in [-0.3, -0.25) is 9.59 Å². The predicted octanol–water partition coefficient (Wildman–Crippen LogP) is 3.46. The van der Waals surface area contributed by atoms with Crippen LogP contribution in [0.3, 0.4) is 0 Å². The third kappa shape index (κ3) is 5.09. The molecule has 0 bridgehead atoms. The van der Waals surface area contributed by atoms with Crippen LogP contribution in [0.15, 0.2) is 48.5 Å². The van der Waals surface area contributed by atoms with Crippen molar-refractivity contribution in [2.75, 3.05) is 32.8 Å². The smallest absolute Gasteiger partial charge is 0.267 e. The van der Waals surface area contributed by atoms with Gasteiger partial charge in [0.15, 0.2) is 11.5 Å². The van der Waals surface area contributed by atoms with E-state index < -0.39 is 6.10 Å². The second-order valence-electron chi connectivity index (χ2n) is 8.61. The number of hydrogen-bond acceptors (Lipinski definition) is 7. The summed E-state index contributed by atoms with van der Waals surface area (Å²) in [6.45, 7) is 6.19. The van der Waals surface area contributed by atoms with E-state index in [4.69, 9.17) is 14.2 Å². The lowest BCUT2D eigenvalue weighted by atomic mass is 10.2. The summed E-state index contributed by atoms with van der Waals surface area (Å²) in [4.78, 5) is 34.8. The van der Waals surface area contributed by atoms with Gasteiger partial charge in [-0.25, -0.2) is 4.98 Å². The highest BCUT2D eigenvalue weighted by atomic mass is 32.1. The molecule has 1 aromatic heterocycles. The molecular formula is C26H27N3O5S. The van der Waals surface area contributed by atoms with Gasteiger partial charge in [0.25, 0.3) is 11.8 Å². The van der Waals surface area contributed by atoms with Crippen molar-refractivity contribution in [3.05, 3.63) is 69.7 Å². The fourth-order valence-electron chi connectivity index (χ4n) is 4.11. The van der Waals surface area contributed by atoms with Crippen molar-refractivity contribution < 1.29 is 23.8 Å². The maximum absolute atomic E-state index is 13.2. The van der Waals surface area contributed by atoms with Crippen molar-refractivity contribution >= 4 is 23.2 Å². The molecule has 2 aliphatic rings. The number of benzene rings is 2. The van der Waals surface area contributed by atoms with Gasteiger partial charge in [0.05, 0.1) is 5.69 Å². The normalized spacial score (nSPS) is 17.3. The molecule has 2 aromatic carbocycles. The summed E-state index contributed by atoms with van der Waals surface area (Å²) < 4.78 is 17.4. The van der Waals surface area contributed by atoms with Gasteiger partial charge in [-0.05, 0) is 38.1 Å². The quantitative estimate of drug-likeness (QED) is 0.542. The fraction of sp³-hybridized carbons (Fsp3) is 0.346. The van der Waals surface area contributed by atoms with Crippen molar-refractivity contribution in [1.82, 2.24) is 14.8 Å². The van der Waals surface area contributed by atoms with Crippen molar-refractivity contribution in [1.29, 1.82) is 0 Å². The van der Waals surface area contributed by atoms with Gasteiger partial charge in [-0.2, -0.15) is 0 Å². The number of aromatic nitrogens is 1. The second-order valence-corrected chi connectivity index (χ2v) is 9.69. The molecule has 0 N–H and O–H groups in total. The van der Waals surface area contributed by atoms with E-state index >= 15 is 0 Å². The first kappa shape index (κ1) is 23.2. The van der Waals surface area contributed by atoms with Crippen LogP contribution in [-0.4, -0.2) is 65.5 Å². The first-order chi connectivity index (χ1) is 17.0. The zero-order chi connectivity index (χ0) is 24.4. The van der Waals surface area contributed by atoms with Gasteiger partial charge < -0.3 is 24.0 Å². The van der Waals surface area contributed by atoms with Gasteiger partial charge in [-0.15, -0.1) is 11.3 Å². The number of amides is 2. The monoisotopic (exact) mass is 493 g/mol. The lowest BCUT2D eigenvalue weighted by molar-refractivity contribution is -0.142. The predicted molar refractivity (Wildman–Crippen MR) is 131 cm³/mol. The fourth-order valence-corrected chi connectivity index (χ4v) is 5.06. The number of fused-ring (bicyclic) bond motifs is 1. The van der Waals surface area contributed by atoms with Crippen LogP contribution in [0.5, 0.6) is 17.2 Å². The Labute approximate surface area is 208 Å². The molecule has 1 saturated heterocycles. The molecular weight excluding hydrogens is 466 g/mol. The Bertz CT molecular complexity index is 1220. The Kier molecular flexibility index (Phi) is 6.59. The number of carbonyl (C=O) groups excluding carboxylic acids is 2. The van der Waals surface area contributed by atoms with Crippen LogP contribution < -0.4 is 14.2 Å². The molecule has 8 nitrogen and oxygen atoms in total. The summed E-state index contributed by atoms with van der Waals surface area (Å²) in [6.07, 6.45) is -0.674. The SMILES string of the molecule is Cc1ccc(OCc2nc(C)c(C(=O)N3CCN(C(=O)C4COc5ccccc5O4)CC3)s2)cc1. The van der Waals surface area contributed by atoms with Gasteiger partial charge in [0.2, 0.25) is 6.10 Å². The number of ether oxygens (including phenoxy) is 3. The van der Waals surface area contributed by atoms with E-state index in [0.29, 0.717) is 54.9 Å². The Balaban J connectivity index is 1.15. The first-order valence-corrected chi connectivity index (χ1v) is 12.4. The van der Waals surface area contributed by atoms with Crippen LogP contribution in [0.4, 0.5) is 0 Å². The lowest BCUT2D eigenvalue weighted by Crippen LogP contribution is -2.55. The number of rotatable bonds is 5. The number of para-hydroxylation sites is 2. The summed E-state index contributed by atoms with van der Waals surface area (Å²) in [5.41, 5.74) is 1.87. The highest BCUT2D eigenvalue weighted by molar-refractivity contribution is 7.13. The molecule has 0 aliphatic carbocycles. The van der Waals surface area contributed by atoms with E-state index in [-0.39, 0.29) is 18.4 Å². The minimum atomic E-state index is -0.674. The first-order valence-electron chi connectivity index (χ1n) is 11.6. The Morgan fingerprint density at radius 3 is 2.43 bits per heavy atom. The Morgan fingerprint density at radius 2 is 1.69 bits per heavy atom. The molecule has 2 aliphatic heterocycles. The molecule has 1 unspecified atom stereocenters. The number of aryl methyl sites for hydroxylation is 2. The largest absolute Gasteiger partial charge is 0.486 e. The summed E-state index contributed by atoms with van der Waals surface area (Å²) in [6, 6.07) is 15.2. The topological polar surface area (TPSA) is 81.2 Å². The maximum atomic E-state index is 13.2. The zero-order valence-corrected chi connectivity index (χ0v) is 20.5. The standard InChI is InChI=1S/C26H27N3O5S/c1-17-7-9-19(10-8-17)32-16-23-27-18(2)24(35-23)26(31)29-13-11-28(12-14-29)25(30)22-15-33-20-5-3-4-6-21(20)34-22/h3-10,22H,11-16H2,1-2H3. The summed E-state index contributed by atoms with van der Waals surface area (Å²) in [5.74, 6) is 1.83. The van der Waals surface area contributed by atoms with E-state index in [9.17, 15) is 9.59 Å². The molecule has 3 heterocycles. The number of carbonyl (C=O) groups is 2. The van der Waals surface area contributed by atoms with Crippen molar-refractivity contribution in [2.24, 2.45) is 0 Å². The van der Waals surface area contributed by atoms with E-state index in [1.165, 1.54) is 16.9 Å². The molecule has 0 spiro atoms. The highest BCUT2D eigenvalue weighted by Gasteiger charge is 2.34.